The Morgan fingerprint density at radius 2 is 2.33 bits per heavy atom. The van der Waals surface area contributed by atoms with E-state index in [1.54, 1.807) is 6.20 Å². The highest BCUT2D eigenvalue weighted by Gasteiger charge is 2.16. The lowest BCUT2D eigenvalue weighted by Gasteiger charge is -2.26. The molecule has 0 aliphatic carbocycles. The molecule has 6 heteroatoms. The molecule has 1 aliphatic heterocycles. The standard InChI is InChI=1S/C9H13N3O2S/c1-7-6-10-9(15-7)8(13)11-12-2-4-14-5-3-12/h6H,2-5H2,1H3,(H,11,13). The van der Waals surface area contributed by atoms with Crippen molar-refractivity contribution in [1.82, 2.24) is 15.4 Å². The Kier molecular flexibility index (Phi) is 3.30. The van der Waals surface area contributed by atoms with Gasteiger partial charge in [-0.15, -0.1) is 11.3 Å². The maximum atomic E-state index is 11.7. The van der Waals surface area contributed by atoms with Gasteiger partial charge in [0.15, 0.2) is 5.01 Å². The molecule has 0 radical (unpaired) electrons. The minimum Gasteiger partial charge on any atom is -0.379 e. The number of nitrogens with one attached hydrogen (secondary N) is 1. The summed E-state index contributed by atoms with van der Waals surface area (Å²) in [4.78, 5) is 16.8. The Morgan fingerprint density at radius 3 is 2.93 bits per heavy atom. The minimum atomic E-state index is -0.130. The zero-order valence-corrected chi connectivity index (χ0v) is 9.34. The van der Waals surface area contributed by atoms with Crippen LogP contribution in [0.2, 0.25) is 0 Å². The second-order valence-corrected chi connectivity index (χ2v) is 4.55. The Balaban J connectivity index is 1.91. The Labute approximate surface area is 92.0 Å². The summed E-state index contributed by atoms with van der Waals surface area (Å²) in [5.41, 5.74) is 2.81. The quantitative estimate of drug-likeness (QED) is 0.796. The molecule has 0 saturated carbocycles. The van der Waals surface area contributed by atoms with Gasteiger partial charge in [0, 0.05) is 24.2 Å². The van der Waals surface area contributed by atoms with Crippen LogP contribution in [-0.4, -0.2) is 42.2 Å². The van der Waals surface area contributed by atoms with Crippen LogP contribution in [0, 0.1) is 6.92 Å². The molecule has 82 valence electrons. The fourth-order valence-corrected chi connectivity index (χ4v) is 1.98. The predicted octanol–water partition coefficient (Wildman–Crippen LogP) is 0.429. The summed E-state index contributed by atoms with van der Waals surface area (Å²) in [6.45, 7) is 4.73. The van der Waals surface area contributed by atoms with Gasteiger partial charge in [0.05, 0.1) is 13.2 Å². The van der Waals surface area contributed by atoms with Crippen LogP contribution in [-0.2, 0) is 4.74 Å². The van der Waals surface area contributed by atoms with Crippen molar-refractivity contribution >= 4 is 17.2 Å². The molecule has 0 spiro atoms. The first-order valence-electron chi connectivity index (χ1n) is 4.82. The fourth-order valence-electron chi connectivity index (χ4n) is 1.33. The van der Waals surface area contributed by atoms with E-state index in [2.05, 4.69) is 10.4 Å². The molecule has 5 nitrogen and oxygen atoms in total. The van der Waals surface area contributed by atoms with Gasteiger partial charge in [-0.2, -0.15) is 0 Å². The van der Waals surface area contributed by atoms with E-state index in [1.807, 2.05) is 11.9 Å². The summed E-state index contributed by atoms with van der Waals surface area (Å²) < 4.78 is 5.19. The summed E-state index contributed by atoms with van der Waals surface area (Å²) in [5, 5.41) is 2.38. The summed E-state index contributed by atoms with van der Waals surface area (Å²) in [6, 6.07) is 0. The topological polar surface area (TPSA) is 54.5 Å². The number of amides is 1. The highest BCUT2D eigenvalue weighted by atomic mass is 32.1. The van der Waals surface area contributed by atoms with Crippen molar-refractivity contribution in [2.24, 2.45) is 0 Å². The third-order valence-corrected chi connectivity index (χ3v) is 3.00. The van der Waals surface area contributed by atoms with Gasteiger partial charge in [-0.3, -0.25) is 10.2 Å². The Morgan fingerprint density at radius 1 is 1.60 bits per heavy atom. The molecule has 2 heterocycles. The minimum absolute atomic E-state index is 0.130. The van der Waals surface area contributed by atoms with Crippen LogP contribution in [0.25, 0.3) is 0 Å². The van der Waals surface area contributed by atoms with Crippen molar-refractivity contribution in [2.75, 3.05) is 26.3 Å². The van der Waals surface area contributed by atoms with Crippen molar-refractivity contribution in [1.29, 1.82) is 0 Å². The maximum absolute atomic E-state index is 11.7. The van der Waals surface area contributed by atoms with Gasteiger partial charge in [-0.05, 0) is 6.92 Å². The highest BCUT2D eigenvalue weighted by molar-refractivity contribution is 7.13. The van der Waals surface area contributed by atoms with Gasteiger partial charge in [-0.25, -0.2) is 9.99 Å². The van der Waals surface area contributed by atoms with Gasteiger partial charge in [0.25, 0.3) is 5.91 Å². The molecule has 0 unspecified atom stereocenters. The van der Waals surface area contributed by atoms with E-state index in [0.717, 1.165) is 18.0 Å². The Hall–Kier alpha value is -0.980. The summed E-state index contributed by atoms with van der Waals surface area (Å²) >= 11 is 1.40. The van der Waals surface area contributed by atoms with E-state index in [1.165, 1.54) is 11.3 Å². The zero-order valence-electron chi connectivity index (χ0n) is 8.52. The number of aromatic nitrogens is 1. The number of ether oxygens (including phenoxy) is 1. The molecule has 15 heavy (non-hydrogen) atoms. The van der Waals surface area contributed by atoms with E-state index in [4.69, 9.17) is 4.74 Å². The van der Waals surface area contributed by atoms with Crippen LogP contribution in [0.3, 0.4) is 0 Å². The fraction of sp³-hybridized carbons (Fsp3) is 0.556. The molecule has 1 amide bonds. The number of hydrazine groups is 1. The lowest BCUT2D eigenvalue weighted by molar-refractivity contribution is 0.0126. The predicted molar refractivity (Wildman–Crippen MR) is 56.7 cm³/mol. The van der Waals surface area contributed by atoms with E-state index < -0.39 is 0 Å². The zero-order chi connectivity index (χ0) is 10.7. The van der Waals surface area contributed by atoms with Crippen LogP contribution in [0.1, 0.15) is 14.7 Å². The number of hydrogen-bond acceptors (Lipinski definition) is 5. The highest BCUT2D eigenvalue weighted by Crippen LogP contribution is 2.10. The Bertz CT molecular complexity index is 347. The third-order valence-electron chi connectivity index (χ3n) is 2.09. The van der Waals surface area contributed by atoms with Crippen LogP contribution < -0.4 is 5.43 Å². The van der Waals surface area contributed by atoms with Gasteiger partial charge in [0.2, 0.25) is 0 Å². The smallest absolute Gasteiger partial charge is 0.294 e. The largest absolute Gasteiger partial charge is 0.379 e. The number of hydrogen-bond donors (Lipinski definition) is 1. The van der Waals surface area contributed by atoms with E-state index in [-0.39, 0.29) is 5.91 Å². The lowest BCUT2D eigenvalue weighted by atomic mass is 10.5. The van der Waals surface area contributed by atoms with Gasteiger partial charge < -0.3 is 4.74 Å². The number of rotatable bonds is 2. The van der Waals surface area contributed by atoms with Gasteiger partial charge >= 0.3 is 0 Å². The molecular weight excluding hydrogens is 214 g/mol. The van der Waals surface area contributed by atoms with Crippen LogP contribution in [0.5, 0.6) is 0 Å². The molecule has 0 atom stereocenters. The molecule has 0 aromatic carbocycles. The van der Waals surface area contributed by atoms with Crippen molar-refractivity contribution in [2.45, 2.75) is 6.92 Å². The molecule has 1 fully saturated rings. The number of carbonyl (C=O) groups excluding carboxylic acids is 1. The van der Waals surface area contributed by atoms with Crippen LogP contribution >= 0.6 is 11.3 Å². The van der Waals surface area contributed by atoms with Crippen molar-refractivity contribution in [3.05, 3.63) is 16.1 Å². The summed E-state index contributed by atoms with van der Waals surface area (Å²) in [5.74, 6) is -0.130. The SMILES string of the molecule is Cc1cnc(C(=O)NN2CCOCC2)s1. The van der Waals surface area contributed by atoms with E-state index in [0.29, 0.717) is 18.2 Å². The van der Waals surface area contributed by atoms with Crippen molar-refractivity contribution in [3.63, 3.8) is 0 Å². The molecule has 1 aromatic heterocycles. The molecule has 1 aromatic rings. The molecule has 1 N–H and O–H groups in total. The molecule has 2 rings (SSSR count). The number of morpholine rings is 1. The first-order chi connectivity index (χ1) is 7.25. The summed E-state index contributed by atoms with van der Waals surface area (Å²) in [7, 11) is 0. The van der Waals surface area contributed by atoms with Gasteiger partial charge in [0.1, 0.15) is 0 Å². The average molecular weight is 227 g/mol. The van der Waals surface area contributed by atoms with Gasteiger partial charge in [-0.1, -0.05) is 0 Å². The number of nitrogens with zero attached hydrogens (tertiary/aromatic N) is 2. The van der Waals surface area contributed by atoms with Crippen LogP contribution in [0.15, 0.2) is 6.20 Å². The maximum Gasteiger partial charge on any atom is 0.294 e. The third kappa shape index (κ3) is 2.74. The van der Waals surface area contributed by atoms with Crippen molar-refractivity contribution in [3.8, 4) is 0 Å². The molecular formula is C9H13N3O2S. The first-order valence-corrected chi connectivity index (χ1v) is 5.63. The molecule has 1 saturated heterocycles. The lowest BCUT2D eigenvalue weighted by Crippen LogP contribution is -2.48. The van der Waals surface area contributed by atoms with Crippen molar-refractivity contribution < 1.29 is 9.53 Å². The normalized spacial score (nSPS) is 17.7. The molecule has 1 aliphatic rings. The first kappa shape index (κ1) is 10.5. The second-order valence-electron chi connectivity index (χ2n) is 3.32. The van der Waals surface area contributed by atoms with E-state index in [9.17, 15) is 4.79 Å². The summed E-state index contributed by atoms with van der Waals surface area (Å²) in [6.07, 6.45) is 1.71. The number of aryl methyl sites for hydroxylation is 1. The number of carbonyl (C=O) groups is 1. The number of thiazole rings is 1. The molecule has 0 bridgehead atoms. The average Bonchev–Trinajstić information content (AvgIpc) is 2.66. The monoisotopic (exact) mass is 227 g/mol. The van der Waals surface area contributed by atoms with Crippen LogP contribution in [0.4, 0.5) is 0 Å². The second kappa shape index (κ2) is 4.69. The van der Waals surface area contributed by atoms with E-state index >= 15 is 0 Å².